The predicted molar refractivity (Wildman–Crippen MR) is 107 cm³/mol. The van der Waals surface area contributed by atoms with Crippen LogP contribution < -0.4 is 5.32 Å². The molecule has 1 aromatic carbocycles. The summed E-state index contributed by atoms with van der Waals surface area (Å²) >= 11 is 0. The van der Waals surface area contributed by atoms with Crippen molar-refractivity contribution in [2.75, 3.05) is 0 Å². The number of oxazole rings is 1. The fraction of sp³-hybridized carbons (Fsp3) is 0.364. The Hall–Kier alpha value is -3.07. The molecule has 1 amide bonds. The Labute approximate surface area is 178 Å². The molecule has 3 rings (SSSR count). The second-order valence-corrected chi connectivity index (χ2v) is 7.25. The monoisotopic (exact) mass is 435 g/mol. The Bertz CT molecular complexity index is 983. The molecule has 1 atom stereocenters. The number of carbonyl (C=O) groups excluding carboxylic acids is 1. The maximum atomic E-state index is 13.0. The minimum atomic E-state index is -4.39. The van der Waals surface area contributed by atoms with E-state index >= 15 is 0 Å². The van der Waals surface area contributed by atoms with Crippen LogP contribution in [0, 0.1) is 0 Å². The van der Waals surface area contributed by atoms with Crippen LogP contribution in [0.3, 0.4) is 0 Å². The summed E-state index contributed by atoms with van der Waals surface area (Å²) < 4.78 is 49.7. The fourth-order valence-electron chi connectivity index (χ4n) is 3.04. The minimum Gasteiger partial charge on any atom is -0.467 e. The molecule has 0 aliphatic carbocycles. The van der Waals surface area contributed by atoms with Gasteiger partial charge in [0.25, 0.3) is 5.91 Å². The lowest BCUT2D eigenvalue weighted by atomic mass is 10.1. The summed E-state index contributed by atoms with van der Waals surface area (Å²) in [5.41, 5.74) is -0.0106. The summed E-state index contributed by atoms with van der Waals surface area (Å²) in [6.45, 7) is 4.75. The zero-order valence-corrected chi connectivity index (χ0v) is 17.3. The summed E-state index contributed by atoms with van der Waals surface area (Å²) in [5, 5.41) is 2.69. The van der Waals surface area contributed by atoms with E-state index in [2.05, 4.69) is 10.3 Å². The molecule has 1 N–H and O–H groups in total. The van der Waals surface area contributed by atoms with Crippen LogP contribution in [0.4, 0.5) is 13.2 Å². The van der Waals surface area contributed by atoms with Gasteiger partial charge in [0.05, 0.1) is 24.9 Å². The topological polar surface area (TPSA) is 71.5 Å². The standard InChI is InChI=1S/C22H24F3N3O3/c1-3-15(2)28(12-16-6-4-7-17(10-16)22(23,24)25)13-20-27-19(14-31-20)21(29)26-11-18-8-5-9-30-18/h4-10,14-15H,3,11-13H2,1-2H3,(H,26,29). The van der Waals surface area contributed by atoms with E-state index < -0.39 is 17.6 Å². The zero-order valence-electron chi connectivity index (χ0n) is 17.3. The van der Waals surface area contributed by atoms with Crippen molar-refractivity contribution in [1.82, 2.24) is 15.2 Å². The summed E-state index contributed by atoms with van der Waals surface area (Å²) in [6, 6.07) is 8.80. The number of benzene rings is 1. The molecule has 9 heteroatoms. The Morgan fingerprint density at radius 1 is 1.19 bits per heavy atom. The van der Waals surface area contributed by atoms with Crippen molar-refractivity contribution in [3.8, 4) is 0 Å². The van der Waals surface area contributed by atoms with E-state index in [1.165, 1.54) is 18.6 Å². The number of halogens is 3. The number of aromatic nitrogens is 1. The molecule has 0 saturated carbocycles. The third-order valence-electron chi connectivity index (χ3n) is 4.98. The van der Waals surface area contributed by atoms with E-state index in [1.54, 1.807) is 18.2 Å². The lowest BCUT2D eigenvalue weighted by Gasteiger charge is -2.27. The average Bonchev–Trinajstić information content (AvgIpc) is 3.43. The van der Waals surface area contributed by atoms with Crippen molar-refractivity contribution < 1.29 is 26.8 Å². The molecule has 3 aromatic rings. The van der Waals surface area contributed by atoms with Gasteiger partial charge in [-0.25, -0.2) is 4.98 Å². The molecule has 2 heterocycles. The molecule has 0 bridgehead atoms. The van der Waals surface area contributed by atoms with Gasteiger partial charge in [-0.2, -0.15) is 13.2 Å². The summed E-state index contributed by atoms with van der Waals surface area (Å²) in [4.78, 5) is 18.5. The maximum Gasteiger partial charge on any atom is 0.416 e. The molecular formula is C22H24F3N3O3. The van der Waals surface area contributed by atoms with Crippen LogP contribution in [0.5, 0.6) is 0 Å². The molecule has 166 valence electrons. The minimum absolute atomic E-state index is 0.0673. The number of furan rings is 1. The van der Waals surface area contributed by atoms with Crippen LogP contribution in [-0.2, 0) is 25.8 Å². The van der Waals surface area contributed by atoms with Crippen molar-refractivity contribution in [1.29, 1.82) is 0 Å². The summed E-state index contributed by atoms with van der Waals surface area (Å²) in [5.74, 6) is 0.524. The third-order valence-corrected chi connectivity index (χ3v) is 4.98. The molecule has 0 fully saturated rings. The van der Waals surface area contributed by atoms with Gasteiger partial charge in [-0.1, -0.05) is 25.1 Å². The second-order valence-electron chi connectivity index (χ2n) is 7.25. The molecule has 0 radical (unpaired) electrons. The largest absolute Gasteiger partial charge is 0.467 e. The first-order valence-corrected chi connectivity index (χ1v) is 9.91. The van der Waals surface area contributed by atoms with Crippen LogP contribution in [0.25, 0.3) is 0 Å². The Kier molecular flexibility index (Phi) is 7.17. The molecule has 0 saturated heterocycles. The van der Waals surface area contributed by atoms with Gasteiger partial charge < -0.3 is 14.2 Å². The molecular weight excluding hydrogens is 411 g/mol. The highest BCUT2D eigenvalue weighted by Crippen LogP contribution is 2.30. The van der Waals surface area contributed by atoms with Gasteiger partial charge in [0.15, 0.2) is 5.69 Å². The second kappa shape index (κ2) is 9.82. The van der Waals surface area contributed by atoms with Crippen LogP contribution >= 0.6 is 0 Å². The molecule has 6 nitrogen and oxygen atoms in total. The van der Waals surface area contributed by atoms with Crippen molar-refractivity contribution in [3.05, 3.63) is 77.4 Å². The Morgan fingerprint density at radius 3 is 2.68 bits per heavy atom. The highest BCUT2D eigenvalue weighted by Gasteiger charge is 2.30. The van der Waals surface area contributed by atoms with Gasteiger partial charge in [-0.15, -0.1) is 0 Å². The Balaban J connectivity index is 1.67. The summed E-state index contributed by atoms with van der Waals surface area (Å²) in [7, 11) is 0. The van der Waals surface area contributed by atoms with Gasteiger partial charge in [0.2, 0.25) is 5.89 Å². The number of hydrogen-bond acceptors (Lipinski definition) is 5. The van der Waals surface area contributed by atoms with Gasteiger partial charge in [0, 0.05) is 12.6 Å². The van der Waals surface area contributed by atoms with E-state index in [9.17, 15) is 18.0 Å². The van der Waals surface area contributed by atoms with Crippen molar-refractivity contribution in [2.24, 2.45) is 0 Å². The maximum absolute atomic E-state index is 13.0. The highest BCUT2D eigenvalue weighted by molar-refractivity contribution is 5.91. The van der Waals surface area contributed by atoms with Crippen molar-refractivity contribution >= 4 is 5.91 Å². The number of amides is 1. The molecule has 1 unspecified atom stereocenters. The highest BCUT2D eigenvalue weighted by atomic mass is 19.4. The predicted octanol–water partition coefficient (Wildman–Crippen LogP) is 5.02. The van der Waals surface area contributed by atoms with Crippen LogP contribution in [0.2, 0.25) is 0 Å². The molecule has 31 heavy (non-hydrogen) atoms. The number of nitrogens with zero attached hydrogens (tertiary/aromatic N) is 2. The quantitative estimate of drug-likeness (QED) is 0.511. The molecule has 0 aliphatic heterocycles. The van der Waals surface area contributed by atoms with Gasteiger partial charge in [-0.3, -0.25) is 9.69 Å². The van der Waals surface area contributed by atoms with Gasteiger partial charge in [-0.05, 0) is 37.1 Å². The molecule has 2 aromatic heterocycles. The van der Waals surface area contributed by atoms with Crippen LogP contribution in [-0.4, -0.2) is 21.8 Å². The van der Waals surface area contributed by atoms with Gasteiger partial charge >= 0.3 is 6.18 Å². The molecule has 0 spiro atoms. The first kappa shape index (κ1) is 22.6. The van der Waals surface area contributed by atoms with E-state index in [1.807, 2.05) is 18.7 Å². The summed E-state index contributed by atoms with van der Waals surface area (Å²) in [6.07, 6.45) is -0.816. The third kappa shape index (κ3) is 6.21. The number of rotatable bonds is 9. The number of alkyl halides is 3. The zero-order chi connectivity index (χ0) is 22.4. The first-order chi connectivity index (χ1) is 14.8. The lowest BCUT2D eigenvalue weighted by Crippen LogP contribution is -2.32. The van der Waals surface area contributed by atoms with Crippen LogP contribution in [0.15, 0.2) is 57.8 Å². The smallest absolute Gasteiger partial charge is 0.416 e. The first-order valence-electron chi connectivity index (χ1n) is 9.91. The lowest BCUT2D eigenvalue weighted by molar-refractivity contribution is -0.137. The number of nitrogens with one attached hydrogen (secondary N) is 1. The SMILES string of the molecule is CCC(C)N(Cc1cccc(C(F)(F)F)c1)Cc1nc(C(=O)NCc2ccco2)co1. The van der Waals surface area contributed by atoms with E-state index in [-0.39, 0.29) is 24.8 Å². The van der Waals surface area contributed by atoms with Crippen molar-refractivity contribution in [2.45, 2.75) is 52.1 Å². The van der Waals surface area contributed by atoms with Crippen molar-refractivity contribution in [3.63, 3.8) is 0 Å². The number of hydrogen-bond donors (Lipinski definition) is 1. The van der Waals surface area contributed by atoms with E-state index in [0.29, 0.717) is 23.8 Å². The number of carbonyl (C=O) groups is 1. The Morgan fingerprint density at radius 2 is 2.00 bits per heavy atom. The van der Waals surface area contributed by atoms with E-state index in [4.69, 9.17) is 8.83 Å². The molecule has 0 aliphatic rings. The van der Waals surface area contributed by atoms with Gasteiger partial charge in [0.1, 0.15) is 12.0 Å². The fourth-order valence-corrected chi connectivity index (χ4v) is 3.04. The van der Waals surface area contributed by atoms with Crippen LogP contribution in [0.1, 0.15) is 53.5 Å². The van der Waals surface area contributed by atoms with E-state index in [0.717, 1.165) is 18.6 Å². The normalized spacial score (nSPS) is 12.8. The average molecular weight is 435 g/mol.